The molecule has 10 rings (SSSR count). The number of benzene rings is 5. The molecule has 2 aliphatic rings. The number of hydrogen-bond acceptors (Lipinski definition) is 4. The molecule has 8 aromatic rings. The number of fused-ring (bicyclic) bond motifs is 12. The molecule has 5 aromatic carbocycles. The number of hydrogen-bond donors (Lipinski definition) is 0. The molecule has 202 valence electrons. The van der Waals surface area contributed by atoms with Crippen LogP contribution in [-0.2, 0) is 0 Å². The summed E-state index contributed by atoms with van der Waals surface area (Å²) in [4.78, 5) is 10.7. The summed E-state index contributed by atoms with van der Waals surface area (Å²) in [6.07, 6.45) is 4.34. The van der Waals surface area contributed by atoms with Gasteiger partial charge in [0.05, 0.1) is 16.9 Å². The molecule has 0 fully saturated rings. The van der Waals surface area contributed by atoms with Crippen LogP contribution >= 0.6 is 0 Å². The van der Waals surface area contributed by atoms with Crippen LogP contribution in [0.3, 0.4) is 0 Å². The Bertz CT molecular complexity index is 2450. The molecule has 3 aromatic heterocycles. The molecule has 0 saturated heterocycles. The first-order valence-corrected chi connectivity index (χ1v) is 14.6. The second kappa shape index (κ2) is 8.43. The van der Waals surface area contributed by atoms with Gasteiger partial charge in [-0.25, -0.2) is 9.97 Å². The second-order valence-corrected chi connectivity index (χ2v) is 11.3. The molecule has 0 spiro atoms. The summed E-state index contributed by atoms with van der Waals surface area (Å²) in [5.74, 6) is 1.65. The van der Waals surface area contributed by atoms with Crippen LogP contribution < -0.4 is 4.74 Å². The third kappa shape index (κ3) is 3.11. The molecular weight excluding hydrogens is 530 g/mol. The largest absolute Gasteiger partial charge is 0.483 e. The fraction of sp³-hybridized carbons (Fsp3) is 0.0526. The molecular formula is C38H23N3O2. The van der Waals surface area contributed by atoms with E-state index >= 15 is 0 Å². The first-order valence-electron chi connectivity index (χ1n) is 14.6. The van der Waals surface area contributed by atoms with Crippen molar-refractivity contribution in [3.05, 3.63) is 138 Å². The highest BCUT2D eigenvalue weighted by molar-refractivity contribution is 6.15. The summed E-state index contributed by atoms with van der Waals surface area (Å²) in [5, 5.41) is 4.23. The topological polar surface area (TPSA) is 53.1 Å². The van der Waals surface area contributed by atoms with Crippen molar-refractivity contribution >= 4 is 49.8 Å². The lowest BCUT2D eigenvalue weighted by molar-refractivity contribution is 0.216. The summed E-state index contributed by atoms with van der Waals surface area (Å²) in [6, 6.07) is 39.6. The summed E-state index contributed by atoms with van der Waals surface area (Å²) in [7, 11) is 0. The zero-order valence-corrected chi connectivity index (χ0v) is 22.9. The predicted octanol–water partition coefficient (Wildman–Crippen LogP) is 9.38. The summed E-state index contributed by atoms with van der Waals surface area (Å²) in [5.41, 5.74) is 8.78. The van der Waals surface area contributed by atoms with Gasteiger partial charge in [0, 0.05) is 44.2 Å². The van der Waals surface area contributed by atoms with E-state index in [2.05, 4.69) is 102 Å². The quantitative estimate of drug-likeness (QED) is 0.214. The van der Waals surface area contributed by atoms with Gasteiger partial charge in [-0.1, -0.05) is 97.1 Å². The van der Waals surface area contributed by atoms with E-state index in [4.69, 9.17) is 19.1 Å². The third-order valence-electron chi connectivity index (χ3n) is 9.00. The first kappa shape index (κ1) is 22.9. The zero-order chi connectivity index (χ0) is 28.1. The molecule has 1 aliphatic heterocycles. The number of para-hydroxylation sites is 3. The van der Waals surface area contributed by atoms with Gasteiger partial charge in [0.1, 0.15) is 16.8 Å². The van der Waals surface area contributed by atoms with Gasteiger partial charge in [0.2, 0.25) is 5.95 Å². The van der Waals surface area contributed by atoms with Crippen molar-refractivity contribution in [1.82, 2.24) is 14.5 Å². The lowest BCUT2D eigenvalue weighted by Gasteiger charge is -2.23. The minimum atomic E-state index is -0.189. The molecule has 4 heterocycles. The highest BCUT2D eigenvalue weighted by Gasteiger charge is 2.40. The number of aromatic nitrogens is 3. The molecule has 1 aliphatic carbocycles. The van der Waals surface area contributed by atoms with Crippen LogP contribution in [0.4, 0.5) is 0 Å². The molecule has 5 nitrogen and oxygen atoms in total. The SMILES string of the molecule is C1=CC2c3ccccc3OC2c2c1c1ccccc1n2-c1nc(-c2ccccc2)c2ccc3c4ccccc4oc3c2n1. The number of rotatable bonds is 2. The Balaban J connectivity index is 1.33. The van der Waals surface area contributed by atoms with Crippen LogP contribution in [0, 0.1) is 0 Å². The van der Waals surface area contributed by atoms with Gasteiger partial charge in [-0.3, -0.25) is 4.57 Å². The van der Waals surface area contributed by atoms with Crippen molar-refractivity contribution in [2.24, 2.45) is 0 Å². The van der Waals surface area contributed by atoms with Crippen LogP contribution in [0.5, 0.6) is 5.75 Å². The van der Waals surface area contributed by atoms with Crippen molar-refractivity contribution < 1.29 is 9.15 Å². The van der Waals surface area contributed by atoms with E-state index in [-0.39, 0.29) is 12.0 Å². The van der Waals surface area contributed by atoms with Gasteiger partial charge in [-0.05, 0) is 30.3 Å². The van der Waals surface area contributed by atoms with Gasteiger partial charge < -0.3 is 9.15 Å². The average molecular weight is 554 g/mol. The molecule has 5 heteroatoms. The summed E-state index contributed by atoms with van der Waals surface area (Å²) >= 11 is 0. The van der Waals surface area contributed by atoms with Crippen molar-refractivity contribution in [2.45, 2.75) is 12.0 Å². The van der Waals surface area contributed by atoms with Crippen molar-refractivity contribution in [2.75, 3.05) is 0 Å². The molecule has 0 radical (unpaired) electrons. The van der Waals surface area contributed by atoms with Gasteiger partial charge in [0.25, 0.3) is 0 Å². The molecule has 0 bridgehead atoms. The van der Waals surface area contributed by atoms with E-state index in [1.165, 1.54) is 5.56 Å². The van der Waals surface area contributed by atoms with Crippen LogP contribution in [0.2, 0.25) is 0 Å². The molecule has 2 unspecified atom stereocenters. The fourth-order valence-electron chi connectivity index (χ4n) is 7.10. The van der Waals surface area contributed by atoms with Gasteiger partial charge >= 0.3 is 0 Å². The van der Waals surface area contributed by atoms with Gasteiger partial charge in [-0.15, -0.1) is 0 Å². The number of nitrogens with zero attached hydrogens (tertiary/aromatic N) is 3. The first-order chi connectivity index (χ1) is 21.3. The Morgan fingerprint density at radius 3 is 2.35 bits per heavy atom. The van der Waals surface area contributed by atoms with E-state index < -0.39 is 0 Å². The Morgan fingerprint density at radius 2 is 1.42 bits per heavy atom. The third-order valence-corrected chi connectivity index (χ3v) is 9.00. The highest BCUT2D eigenvalue weighted by atomic mass is 16.5. The minimum Gasteiger partial charge on any atom is -0.483 e. The predicted molar refractivity (Wildman–Crippen MR) is 171 cm³/mol. The molecule has 0 saturated carbocycles. The normalized spacial score (nSPS) is 16.9. The molecule has 43 heavy (non-hydrogen) atoms. The Morgan fingerprint density at radius 1 is 0.651 bits per heavy atom. The monoisotopic (exact) mass is 553 g/mol. The van der Waals surface area contributed by atoms with Gasteiger partial charge in [0.15, 0.2) is 11.7 Å². The maximum absolute atomic E-state index is 6.70. The average Bonchev–Trinajstić information content (AvgIpc) is 3.74. The summed E-state index contributed by atoms with van der Waals surface area (Å²) in [6.45, 7) is 0. The van der Waals surface area contributed by atoms with Crippen molar-refractivity contribution in [1.29, 1.82) is 0 Å². The Labute approximate surface area is 246 Å². The lowest BCUT2D eigenvalue weighted by atomic mass is 9.87. The van der Waals surface area contributed by atoms with E-state index in [9.17, 15) is 0 Å². The molecule has 0 N–H and O–H groups in total. The van der Waals surface area contributed by atoms with Crippen molar-refractivity contribution in [3.63, 3.8) is 0 Å². The van der Waals surface area contributed by atoms with E-state index in [0.29, 0.717) is 5.95 Å². The Kier molecular flexibility index (Phi) is 4.50. The van der Waals surface area contributed by atoms with Crippen LogP contribution in [0.15, 0.2) is 126 Å². The second-order valence-electron chi connectivity index (χ2n) is 11.3. The highest BCUT2D eigenvalue weighted by Crippen LogP contribution is 2.52. The van der Waals surface area contributed by atoms with Gasteiger partial charge in [-0.2, -0.15) is 0 Å². The van der Waals surface area contributed by atoms with E-state index in [1.54, 1.807) is 0 Å². The van der Waals surface area contributed by atoms with Crippen molar-refractivity contribution in [3.8, 4) is 23.0 Å². The van der Waals surface area contributed by atoms with Crippen LogP contribution in [0.25, 0.3) is 67.0 Å². The van der Waals surface area contributed by atoms with Crippen LogP contribution in [0.1, 0.15) is 28.8 Å². The maximum Gasteiger partial charge on any atom is 0.235 e. The Hall–Kier alpha value is -5.68. The van der Waals surface area contributed by atoms with E-state index in [0.717, 1.165) is 72.0 Å². The smallest absolute Gasteiger partial charge is 0.235 e. The lowest BCUT2D eigenvalue weighted by Crippen LogP contribution is -2.18. The molecule has 0 amide bonds. The van der Waals surface area contributed by atoms with Crippen LogP contribution in [-0.4, -0.2) is 14.5 Å². The minimum absolute atomic E-state index is 0.114. The standard InChI is InChI=1S/C38H23N3O2/c1-2-10-22(11-3-1)33-29-21-20-27-24-13-5-8-16-31(24)42-36(27)34(29)40-38(39-33)41-30-15-7-4-12-23(30)26-18-19-28-25-14-6-9-17-32(25)43-37(28)35(26)41/h1-21,28,37H. The molecule has 2 atom stereocenters. The maximum atomic E-state index is 6.70. The van der Waals surface area contributed by atoms with E-state index in [1.807, 2.05) is 30.3 Å². The number of furan rings is 1. The zero-order valence-electron chi connectivity index (χ0n) is 22.9. The number of ether oxygens (including phenoxy) is 1. The fourth-order valence-corrected chi connectivity index (χ4v) is 7.10. The summed E-state index contributed by atoms with van der Waals surface area (Å²) < 4.78 is 15.4.